The van der Waals surface area contributed by atoms with Gasteiger partial charge in [-0.2, -0.15) is 10.2 Å². The number of amides is 2. The molecule has 0 fully saturated rings. The topological polar surface area (TPSA) is 132 Å². The first kappa shape index (κ1) is 44.4. The fourth-order valence-electron chi connectivity index (χ4n) is 10.2. The highest BCUT2D eigenvalue weighted by atomic mass is 16.2. The molecular formula is C58H54N12O2. The molecule has 14 heteroatoms. The lowest BCUT2D eigenvalue weighted by Crippen LogP contribution is -2.50. The Labute approximate surface area is 418 Å². The lowest BCUT2D eigenvalue weighted by atomic mass is 9.98. The lowest BCUT2D eigenvalue weighted by Gasteiger charge is -2.33. The van der Waals surface area contributed by atoms with Crippen molar-refractivity contribution in [3.63, 3.8) is 0 Å². The summed E-state index contributed by atoms with van der Waals surface area (Å²) in [4.78, 5) is 45.4. The number of hydrogen-bond donors (Lipinski definition) is 2. The number of nitrogens with zero attached hydrogens (tertiary/aromatic N) is 10. The SMILES string of the molecule is CC(C)[C@@H]1CN2C(=N1)N(C)C(=O)c1c2nn(Cc2ccc(-c3ccccc3)cc2)c1Nc1cccc(-c2cccc(-c3ccc(Cn4nc5c(c4Nc4ccccc4)C(=O)N(C)C4=NC[C@@H](C)N45)cc3)c2)c1. The Morgan fingerprint density at radius 3 is 1.68 bits per heavy atom. The largest absolute Gasteiger partial charge is 0.340 e. The van der Waals surface area contributed by atoms with E-state index in [1.54, 1.807) is 23.9 Å². The minimum Gasteiger partial charge on any atom is -0.340 e. The summed E-state index contributed by atoms with van der Waals surface area (Å²) in [5.74, 6) is 3.83. The Bertz CT molecular complexity index is 3450. The molecule has 0 saturated heterocycles. The third-order valence-electron chi connectivity index (χ3n) is 14.2. The van der Waals surface area contributed by atoms with Gasteiger partial charge in [-0.05, 0) is 87.7 Å². The molecule has 8 aromatic rings. The third-order valence-corrected chi connectivity index (χ3v) is 14.2. The van der Waals surface area contributed by atoms with E-state index in [1.165, 1.54) is 0 Å². The average molecular weight is 951 g/mol. The maximum absolute atomic E-state index is 14.4. The van der Waals surface area contributed by atoms with Crippen molar-refractivity contribution in [1.29, 1.82) is 0 Å². The molecule has 14 nitrogen and oxygen atoms in total. The van der Waals surface area contributed by atoms with Crippen molar-refractivity contribution in [2.45, 2.75) is 45.9 Å². The van der Waals surface area contributed by atoms with E-state index in [4.69, 9.17) is 15.2 Å². The number of carbonyl (C=O) groups excluding carboxylic acids is 2. The zero-order chi connectivity index (χ0) is 49.2. The first-order valence-corrected chi connectivity index (χ1v) is 24.6. The Morgan fingerprint density at radius 2 is 1.04 bits per heavy atom. The molecule has 358 valence electrons. The first-order chi connectivity index (χ1) is 35.1. The van der Waals surface area contributed by atoms with Gasteiger partial charge < -0.3 is 10.6 Å². The second-order valence-corrected chi connectivity index (χ2v) is 19.4. The molecule has 4 aliphatic rings. The smallest absolute Gasteiger partial charge is 0.267 e. The maximum Gasteiger partial charge on any atom is 0.267 e. The van der Waals surface area contributed by atoms with Crippen LogP contribution in [0.3, 0.4) is 0 Å². The van der Waals surface area contributed by atoms with Crippen LogP contribution in [0.2, 0.25) is 0 Å². The van der Waals surface area contributed by atoms with Gasteiger partial charge in [-0.15, -0.1) is 0 Å². The summed E-state index contributed by atoms with van der Waals surface area (Å²) in [7, 11) is 3.58. The number of aliphatic imine (C=N–C) groups is 2. The normalized spacial score (nSPS) is 16.9. The highest BCUT2D eigenvalue weighted by Crippen LogP contribution is 2.41. The van der Waals surface area contributed by atoms with Crippen LogP contribution in [0.1, 0.15) is 52.6 Å². The number of carbonyl (C=O) groups is 2. The van der Waals surface area contributed by atoms with Crippen molar-refractivity contribution < 1.29 is 9.59 Å². The van der Waals surface area contributed by atoms with Gasteiger partial charge in [0, 0.05) is 25.5 Å². The monoisotopic (exact) mass is 950 g/mol. The number of fused-ring (bicyclic) bond motifs is 6. The van der Waals surface area contributed by atoms with Gasteiger partial charge in [0.2, 0.25) is 11.9 Å². The van der Waals surface area contributed by atoms with Gasteiger partial charge in [-0.25, -0.2) is 14.4 Å². The van der Waals surface area contributed by atoms with Crippen LogP contribution in [-0.4, -0.2) is 92.4 Å². The van der Waals surface area contributed by atoms with Crippen LogP contribution < -0.4 is 20.4 Å². The minimum absolute atomic E-state index is 0.0523. The number of rotatable bonds is 12. The van der Waals surface area contributed by atoms with Crippen molar-refractivity contribution in [2.75, 3.05) is 47.6 Å². The van der Waals surface area contributed by atoms with E-state index in [1.807, 2.05) is 70.0 Å². The second kappa shape index (κ2) is 17.9. The molecule has 6 aromatic carbocycles. The van der Waals surface area contributed by atoms with Crippen molar-refractivity contribution in [2.24, 2.45) is 15.9 Å². The summed E-state index contributed by atoms with van der Waals surface area (Å²) in [6, 6.07) is 54.3. The number of hydrogen-bond acceptors (Lipinski definition) is 10. The molecule has 0 radical (unpaired) electrons. The molecule has 6 heterocycles. The molecule has 0 spiro atoms. The number of para-hydroxylation sites is 1. The van der Waals surface area contributed by atoms with E-state index in [9.17, 15) is 9.59 Å². The Balaban J connectivity index is 0.827. The number of aromatic nitrogens is 4. The lowest BCUT2D eigenvalue weighted by molar-refractivity contribution is 0.0858. The van der Waals surface area contributed by atoms with Crippen molar-refractivity contribution in [3.8, 4) is 33.4 Å². The standard InChI is InChI=1S/C58H54N12O2/c1-36(2)48-35-67-53-49(55(71)66(5)58(67)62-48)51(68(63-53)33-38-22-26-41(27-23-38)40-14-8-6-9-15-40)61-47-21-13-18-45(31-47)44-17-12-16-43(30-44)42-28-24-39(25-29-42)34-69-52(60-46-19-10-7-11-20-46)50-54(64-69)70-37(3)32-59-57(70)65(4)56(50)72/h6-31,36-37,48,60-61H,32-35H2,1-5H3/t37-,48+/m1/s1. The van der Waals surface area contributed by atoms with Gasteiger partial charge in [0.25, 0.3) is 11.8 Å². The molecular weight excluding hydrogens is 897 g/mol. The van der Waals surface area contributed by atoms with Gasteiger partial charge in [0.1, 0.15) is 22.8 Å². The van der Waals surface area contributed by atoms with E-state index in [0.717, 1.165) is 55.9 Å². The molecule has 0 aliphatic carbocycles. The van der Waals surface area contributed by atoms with Crippen LogP contribution in [0.15, 0.2) is 168 Å². The molecule has 0 unspecified atom stereocenters. The Hall–Kier alpha value is -8.78. The van der Waals surface area contributed by atoms with Gasteiger partial charge in [-0.3, -0.25) is 34.2 Å². The number of nitrogens with one attached hydrogen (secondary N) is 2. The number of benzene rings is 6. The molecule has 4 aliphatic heterocycles. The molecule has 0 saturated carbocycles. The molecule has 72 heavy (non-hydrogen) atoms. The molecule has 2 amide bonds. The Kier molecular flexibility index (Phi) is 11.0. The summed E-state index contributed by atoms with van der Waals surface area (Å²) < 4.78 is 3.82. The molecule has 2 aromatic heterocycles. The molecule has 2 atom stereocenters. The predicted molar refractivity (Wildman–Crippen MR) is 287 cm³/mol. The van der Waals surface area contributed by atoms with Crippen molar-refractivity contribution in [1.82, 2.24) is 29.4 Å². The van der Waals surface area contributed by atoms with Crippen LogP contribution in [0.5, 0.6) is 0 Å². The zero-order valence-electron chi connectivity index (χ0n) is 40.9. The molecule has 0 bridgehead atoms. The third kappa shape index (κ3) is 7.85. The Morgan fingerprint density at radius 1 is 0.556 bits per heavy atom. The van der Waals surface area contributed by atoms with Crippen LogP contribution in [0.4, 0.5) is 34.6 Å². The van der Waals surface area contributed by atoms with Gasteiger partial charge in [0.05, 0.1) is 38.3 Å². The summed E-state index contributed by atoms with van der Waals surface area (Å²) in [6.45, 7) is 8.59. The molecule has 12 rings (SSSR count). The van der Waals surface area contributed by atoms with Crippen LogP contribution in [0.25, 0.3) is 33.4 Å². The zero-order valence-corrected chi connectivity index (χ0v) is 40.9. The first-order valence-electron chi connectivity index (χ1n) is 24.6. The summed E-state index contributed by atoms with van der Waals surface area (Å²) in [5, 5.41) is 17.5. The summed E-state index contributed by atoms with van der Waals surface area (Å²) >= 11 is 0. The maximum atomic E-state index is 14.4. The average Bonchev–Trinajstić information content (AvgIpc) is 4.20. The van der Waals surface area contributed by atoms with E-state index >= 15 is 0 Å². The van der Waals surface area contributed by atoms with Gasteiger partial charge in [-0.1, -0.05) is 141 Å². The van der Waals surface area contributed by atoms with E-state index in [0.29, 0.717) is 78.4 Å². The number of anilines is 6. The van der Waals surface area contributed by atoms with Crippen molar-refractivity contribution in [3.05, 3.63) is 180 Å². The second-order valence-electron chi connectivity index (χ2n) is 19.4. The highest BCUT2D eigenvalue weighted by Gasteiger charge is 2.45. The van der Waals surface area contributed by atoms with Crippen molar-refractivity contribution >= 4 is 58.4 Å². The summed E-state index contributed by atoms with van der Waals surface area (Å²) in [5.41, 5.74) is 11.4. The molecule has 2 N–H and O–H groups in total. The van der Waals surface area contributed by atoms with E-state index in [2.05, 4.69) is 143 Å². The van der Waals surface area contributed by atoms with E-state index in [-0.39, 0.29) is 23.9 Å². The predicted octanol–water partition coefficient (Wildman–Crippen LogP) is 10.6. The van der Waals surface area contributed by atoms with Gasteiger partial charge in [0.15, 0.2) is 11.6 Å². The quantitative estimate of drug-likeness (QED) is 0.124. The van der Waals surface area contributed by atoms with E-state index < -0.39 is 0 Å². The minimum atomic E-state index is -0.145. The van der Waals surface area contributed by atoms with Crippen LogP contribution >= 0.6 is 0 Å². The van der Waals surface area contributed by atoms with Gasteiger partial charge >= 0.3 is 0 Å². The highest BCUT2D eigenvalue weighted by molar-refractivity contribution is 6.22. The fourth-order valence-corrected chi connectivity index (χ4v) is 10.2. The number of guanidine groups is 2. The fraction of sp³-hybridized carbons (Fsp3) is 0.207. The van der Waals surface area contributed by atoms with Crippen LogP contribution in [-0.2, 0) is 13.1 Å². The van der Waals surface area contributed by atoms with Crippen LogP contribution in [0, 0.1) is 5.92 Å². The summed E-state index contributed by atoms with van der Waals surface area (Å²) in [6.07, 6.45) is 0.